The third-order valence-electron chi connectivity index (χ3n) is 21.9. The van der Waals surface area contributed by atoms with Gasteiger partial charge in [-0.1, -0.05) is 95.8 Å². The second-order valence-electron chi connectivity index (χ2n) is 36.3. The maximum atomic E-state index is 15.2. The Hall–Kier alpha value is -9.94. The summed E-state index contributed by atoms with van der Waals surface area (Å²) in [6, 6.07) is 24.1. The van der Waals surface area contributed by atoms with E-state index in [9.17, 15) is 91.1 Å². The molecule has 6 N–H and O–H groups in total. The second-order valence-corrected chi connectivity index (χ2v) is 36.3. The van der Waals surface area contributed by atoms with E-state index in [4.69, 9.17) is 95.5 Å². The van der Waals surface area contributed by atoms with Crippen LogP contribution < -0.4 is 0 Å². The van der Waals surface area contributed by atoms with Gasteiger partial charge in [-0.25, -0.2) is 70.3 Å². The Bertz CT molecular complexity index is 4410. The van der Waals surface area contributed by atoms with Gasteiger partial charge in [0.2, 0.25) is 22.7 Å². The molecule has 145 heavy (non-hydrogen) atoms. The molecular weight excluding hydrogens is 1930 g/mol. The van der Waals surface area contributed by atoms with Gasteiger partial charge in [0.1, 0.15) is 54.9 Å². The van der Waals surface area contributed by atoms with Crippen molar-refractivity contribution in [3.05, 3.63) is 131 Å². The molecule has 7 heterocycles. The SMILES string of the molecule is C=C(C)C(=O)OCC.CC.CC1(C)OC[C@H](C=O)O1.CCOC(=O)/C(C)=C/[C@H]1COC(C)(C)O1.CCOC(=O)[C@@](C)(O)[C@H](O)[C@H]1COC(C)(C)O1.CCOC(=O)[C@@](C)(O)[C@H](OC(=O)c1ccccc1)[C@H]1COC(C)(C)O1.CCOC(=O)[C@](C)(F)[C@H](OC(=O)c1ccccc1)[C@H](O)CO.CCOC(=O)[C@](C)(F)[C@H](OC(=O)c1ccccc1)[C@H]1COC(C)(C)O1.CC[C@H]1OC(=O)[C@](C)(F)[C@@H]1C.C[C@@H]1[C@@H](CO)OC(=O)[C@]1(C)F. The molecule has 3 aromatic carbocycles. The molecule has 824 valence electrons. The Morgan fingerprint density at radius 3 is 1.06 bits per heavy atom. The van der Waals surface area contributed by atoms with Crippen molar-refractivity contribution in [2.24, 2.45) is 11.8 Å². The summed E-state index contributed by atoms with van der Waals surface area (Å²) in [7, 11) is 0. The van der Waals surface area contributed by atoms with Crippen LogP contribution in [0.3, 0.4) is 0 Å². The number of carbonyl (C=O) groups is 12. The average Bonchev–Trinajstić information content (AvgIpc) is 1.69. The number of benzene rings is 3. The van der Waals surface area contributed by atoms with Gasteiger partial charge in [-0.15, -0.1) is 0 Å². The summed E-state index contributed by atoms with van der Waals surface area (Å²) in [5.41, 5.74) is -11.5. The van der Waals surface area contributed by atoms with E-state index in [0.717, 1.165) is 20.1 Å². The van der Waals surface area contributed by atoms with Gasteiger partial charge in [-0.2, -0.15) is 0 Å². The predicted molar refractivity (Wildman–Crippen MR) is 511 cm³/mol. The molecule has 7 aliphatic heterocycles. The topological polar surface area (TPSA) is 520 Å². The van der Waals surface area contributed by atoms with Crippen LogP contribution in [0, 0.1) is 11.8 Å². The number of halogens is 4. The molecule has 7 saturated heterocycles. The fourth-order valence-corrected chi connectivity index (χ4v) is 13.4. The fraction of sp³-hybridized carbons (Fsp3) is 0.667. The second kappa shape index (κ2) is 60.5. The van der Waals surface area contributed by atoms with Crippen molar-refractivity contribution >= 4 is 71.9 Å². The van der Waals surface area contributed by atoms with E-state index in [-0.39, 0.29) is 100 Å². The summed E-state index contributed by atoms with van der Waals surface area (Å²) in [4.78, 5) is 138. The zero-order chi connectivity index (χ0) is 112. The van der Waals surface area contributed by atoms with E-state index < -0.39 is 184 Å². The highest BCUT2D eigenvalue weighted by atomic mass is 19.2. The number of hydrogen-bond donors (Lipinski definition) is 6. The van der Waals surface area contributed by atoms with Gasteiger partial charge in [0, 0.05) is 23.0 Å². The number of aldehydes is 1. The Morgan fingerprint density at radius 2 is 0.766 bits per heavy atom. The number of ether oxygens (including phenoxy) is 21. The number of hydrogen-bond acceptors (Lipinski definition) is 39. The van der Waals surface area contributed by atoms with Gasteiger partial charge in [-0.05, 0) is 215 Å². The molecule has 0 radical (unpaired) electrons. The first-order valence-corrected chi connectivity index (χ1v) is 47.5. The fourth-order valence-electron chi connectivity index (χ4n) is 13.4. The van der Waals surface area contributed by atoms with Crippen molar-refractivity contribution in [2.45, 2.75) is 343 Å². The summed E-state index contributed by atoms with van der Waals surface area (Å²) in [5, 5.41) is 58.0. The molecular formula is C102H154F4O39. The van der Waals surface area contributed by atoms with Crippen molar-refractivity contribution < 1.29 is 205 Å². The van der Waals surface area contributed by atoms with Gasteiger partial charge < -0.3 is 135 Å². The third-order valence-corrected chi connectivity index (χ3v) is 21.9. The number of esters is 11. The highest BCUT2D eigenvalue weighted by molar-refractivity contribution is 5.92. The molecule has 3 aromatic rings. The summed E-state index contributed by atoms with van der Waals surface area (Å²) < 4.78 is 164. The van der Waals surface area contributed by atoms with E-state index in [1.165, 1.54) is 58.9 Å². The normalized spacial score (nSPS) is 25.5. The first kappa shape index (κ1) is 133. The molecule has 0 aromatic heterocycles. The standard InChI is InChI=1S/C18H23FO6.C18H24O7.C15H19FO6.C11H20O6.C11H18O4.C8H13FO2.C7H11FO3.C6H10O3.C6H10O2.C2H6/c1-5-22-16(21)18(4,19)14(13-11-23-17(2,3)25-13)24-15(20)12-9-7-6-8-10-12;1-5-22-16(20)18(4,21)14(13-11-23-17(2,3)25-13)24-15(19)12-9-7-6-8-10-12;1-3-21-14(20)15(2,16)12(11(18)9-17)22-13(19)10-7-5-4-6-8-10;1-5-15-9(13)11(4,14)8(12)7-6-16-10(2,3)17-7;1-5-13-10(12)8(2)6-9-7-14-11(3,4)15-9;1-4-6-5(2)8(3,9)7(10)11-6;1-4-5(3-9)11-6(10)7(4,2)8;1-6(2)8-4-5(3-7)9-6;1-4-8-6(7)5(2)3;1-2/h6-10,13-14H,5,11H2,1-4H3;6-10,13-14,21H,5,11H2,1-4H3;4-8,11-12,17-18H,3,9H2,1-2H3;7-8,12,14H,5-6H2,1-4H3;6,9H,5,7H2,1-4H3;5-6H,4H2,1-3H3;4-5,9H,3H2,1-2H3;3,5H,4H2,1-2H3;2,4H2,1,3H3;1-2H3/b;;;;8-6+;;;;;/t13-,14-,18-;13-,14-,18+;11-,12-,15-;7-,8-,11+;9-;5-,6-,8-;4-,5-,7-;5-;;/m11110110../s1. The van der Waals surface area contributed by atoms with Gasteiger partial charge in [0.05, 0.1) is 103 Å². The summed E-state index contributed by atoms with van der Waals surface area (Å²) in [6.07, 6.45) is -8.65. The number of cyclic esters (lactones) is 2. The van der Waals surface area contributed by atoms with Crippen LogP contribution in [0.25, 0.3) is 0 Å². The lowest BCUT2D eigenvalue weighted by Gasteiger charge is -2.33. The van der Waals surface area contributed by atoms with E-state index in [2.05, 4.69) is 20.8 Å². The molecule has 0 bridgehead atoms. The monoisotopic (exact) mass is 2080 g/mol. The van der Waals surface area contributed by atoms with Gasteiger partial charge in [-0.3, -0.25) is 0 Å². The molecule has 0 aliphatic carbocycles. The molecule has 0 unspecified atom stereocenters. The highest BCUT2D eigenvalue weighted by Crippen LogP contribution is 2.40. The van der Waals surface area contributed by atoms with Crippen molar-refractivity contribution in [3.8, 4) is 0 Å². The summed E-state index contributed by atoms with van der Waals surface area (Å²) in [6.45, 7) is 50.6. The van der Waals surface area contributed by atoms with Crippen molar-refractivity contribution in [1.29, 1.82) is 0 Å². The summed E-state index contributed by atoms with van der Waals surface area (Å²) >= 11 is 0. The van der Waals surface area contributed by atoms with Gasteiger partial charge >= 0.3 is 65.7 Å². The molecule has 0 saturated carbocycles. The molecule has 7 fully saturated rings. The zero-order valence-corrected chi connectivity index (χ0v) is 88.7. The van der Waals surface area contributed by atoms with Crippen LogP contribution in [0.1, 0.15) is 238 Å². The number of aliphatic hydroxyl groups excluding tert-OH is 4. The van der Waals surface area contributed by atoms with Crippen LogP contribution in [0.15, 0.2) is 115 Å². The quantitative estimate of drug-likeness (QED) is 0.0115. The Balaban J connectivity index is 0.000000833. The highest BCUT2D eigenvalue weighted by Gasteiger charge is 2.58. The Labute approximate surface area is 846 Å². The van der Waals surface area contributed by atoms with Crippen molar-refractivity contribution in [1.82, 2.24) is 0 Å². The average molecular weight is 2080 g/mol. The van der Waals surface area contributed by atoms with Crippen LogP contribution in [-0.2, 0) is 143 Å². The lowest BCUT2D eigenvalue weighted by molar-refractivity contribution is -0.195. The van der Waals surface area contributed by atoms with E-state index in [1.54, 1.807) is 191 Å². The molecule has 10 rings (SSSR count). The lowest BCUT2D eigenvalue weighted by atomic mass is 9.90. The van der Waals surface area contributed by atoms with Crippen LogP contribution in [0.5, 0.6) is 0 Å². The maximum absolute atomic E-state index is 15.2. The molecule has 0 amide bonds. The zero-order valence-electron chi connectivity index (χ0n) is 88.7. The van der Waals surface area contributed by atoms with Crippen LogP contribution in [0.4, 0.5) is 17.6 Å². The smallest absolute Gasteiger partial charge is 0.347 e. The van der Waals surface area contributed by atoms with Crippen LogP contribution >= 0.6 is 0 Å². The molecule has 0 spiro atoms. The number of aliphatic hydroxyl groups is 6. The Morgan fingerprint density at radius 1 is 0.448 bits per heavy atom. The van der Waals surface area contributed by atoms with Crippen molar-refractivity contribution in [3.63, 3.8) is 0 Å². The van der Waals surface area contributed by atoms with E-state index in [0.29, 0.717) is 49.6 Å². The lowest BCUT2D eigenvalue weighted by Crippen LogP contribution is -2.56. The predicted octanol–water partition coefficient (Wildman–Crippen LogP) is 11.1. The largest absolute Gasteiger partial charge is 0.464 e. The maximum Gasteiger partial charge on any atom is 0.347 e. The van der Waals surface area contributed by atoms with E-state index >= 15 is 4.39 Å². The van der Waals surface area contributed by atoms with Gasteiger partial charge in [0.15, 0.2) is 64.7 Å². The van der Waals surface area contributed by atoms with Gasteiger partial charge in [0.25, 0.3) is 0 Å². The third kappa shape index (κ3) is 42.3. The molecule has 39 nitrogen and oxygen atoms in total. The van der Waals surface area contributed by atoms with E-state index in [1.807, 2.05) is 34.6 Å². The number of rotatable bonds is 31. The minimum Gasteiger partial charge on any atom is -0.464 e. The first-order chi connectivity index (χ1) is 67.1. The molecule has 43 heteroatoms. The summed E-state index contributed by atoms with van der Waals surface area (Å²) in [5.74, 6) is -13.4. The van der Waals surface area contributed by atoms with Crippen LogP contribution in [0.2, 0.25) is 0 Å². The van der Waals surface area contributed by atoms with Crippen molar-refractivity contribution in [2.75, 3.05) is 85.9 Å². The Kier molecular flexibility index (Phi) is 55.5. The minimum absolute atomic E-state index is 0.00517. The number of carbonyl (C=O) groups excluding carboxylic acids is 12. The van der Waals surface area contributed by atoms with Crippen LogP contribution in [-0.4, -0.2) is 325 Å². The number of alkyl halides is 4. The molecule has 20 atom stereocenters. The molecule has 7 aliphatic rings. The first-order valence-electron chi connectivity index (χ1n) is 47.5. The minimum atomic E-state index is -2.80.